The number of amides is 1. The third-order valence-corrected chi connectivity index (χ3v) is 6.41. The van der Waals surface area contributed by atoms with Crippen LogP contribution >= 0.6 is 0 Å². The third kappa shape index (κ3) is 3.98. The number of carbonyl (C=O) groups excluding carboxylic acids is 1. The molecule has 0 bridgehead atoms. The normalized spacial score (nSPS) is 14.7. The van der Waals surface area contributed by atoms with Crippen LogP contribution in [0.15, 0.2) is 47.4 Å². The second-order valence-electron chi connectivity index (χ2n) is 7.16. The predicted molar refractivity (Wildman–Crippen MR) is 103 cm³/mol. The monoisotopic (exact) mass is 371 g/mol. The van der Waals surface area contributed by atoms with E-state index in [-0.39, 0.29) is 11.9 Å². The van der Waals surface area contributed by atoms with Crippen molar-refractivity contribution >= 4 is 15.7 Å². The Balaban J connectivity index is 1.69. The molecule has 0 aliphatic heterocycles. The van der Waals surface area contributed by atoms with Crippen LogP contribution < -0.4 is 0 Å². The first-order chi connectivity index (χ1) is 12.3. The smallest absolute Gasteiger partial charge is 0.227 e. The summed E-state index contributed by atoms with van der Waals surface area (Å²) in [4.78, 5) is 14.7. The van der Waals surface area contributed by atoms with Gasteiger partial charge in [0, 0.05) is 13.3 Å². The summed E-state index contributed by atoms with van der Waals surface area (Å²) in [5.74, 6) is 0.0580. The van der Waals surface area contributed by atoms with E-state index in [1.807, 2.05) is 6.92 Å². The average molecular weight is 372 g/mol. The van der Waals surface area contributed by atoms with Crippen molar-refractivity contribution in [2.75, 3.05) is 13.3 Å². The van der Waals surface area contributed by atoms with Crippen LogP contribution in [-0.2, 0) is 33.9 Å². The lowest BCUT2D eigenvalue weighted by molar-refractivity contribution is -0.131. The summed E-state index contributed by atoms with van der Waals surface area (Å²) in [6.07, 6.45) is 5.03. The molecule has 3 rings (SSSR count). The zero-order chi connectivity index (χ0) is 18.9. The molecule has 0 heterocycles. The van der Waals surface area contributed by atoms with Gasteiger partial charge in [0.25, 0.3) is 0 Å². The molecular formula is C21H25NO3S. The molecule has 138 valence electrons. The van der Waals surface area contributed by atoms with Gasteiger partial charge in [-0.05, 0) is 60.6 Å². The quantitative estimate of drug-likeness (QED) is 0.810. The Morgan fingerprint density at radius 1 is 1.08 bits per heavy atom. The van der Waals surface area contributed by atoms with Crippen molar-refractivity contribution in [3.05, 3.63) is 64.7 Å². The highest BCUT2D eigenvalue weighted by Gasteiger charge is 2.19. The SMILES string of the molecule is CC(c1ccc(S(C)(=O)=O)cc1)N(C)C(=O)Cc1ccc2c(c1)CCC2. The summed E-state index contributed by atoms with van der Waals surface area (Å²) in [7, 11) is -1.41. The molecule has 1 unspecified atom stereocenters. The number of nitrogens with zero attached hydrogens (tertiary/aromatic N) is 1. The van der Waals surface area contributed by atoms with Crippen molar-refractivity contribution in [1.82, 2.24) is 4.90 Å². The van der Waals surface area contributed by atoms with Crippen molar-refractivity contribution in [2.45, 2.75) is 43.5 Å². The Morgan fingerprint density at radius 3 is 2.38 bits per heavy atom. The summed E-state index contributed by atoms with van der Waals surface area (Å²) in [5, 5.41) is 0. The topological polar surface area (TPSA) is 54.5 Å². The van der Waals surface area contributed by atoms with Crippen LogP contribution in [-0.4, -0.2) is 32.5 Å². The van der Waals surface area contributed by atoms with Gasteiger partial charge in [0.15, 0.2) is 9.84 Å². The van der Waals surface area contributed by atoms with Crippen molar-refractivity contribution in [1.29, 1.82) is 0 Å². The van der Waals surface area contributed by atoms with Crippen LogP contribution in [0.5, 0.6) is 0 Å². The van der Waals surface area contributed by atoms with Crippen LogP contribution in [0.4, 0.5) is 0 Å². The number of sulfone groups is 1. The Kier molecular flexibility index (Phi) is 5.19. The van der Waals surface area contributed by atoms with E-state index >= 15 is 0 Å². The van der Waals surface area contributed by atoms with Gasteiger partial charge in [-0.15, -0.1) is 0 Å². The highest BCUT2D eigenvalue weighted by molar-refractivity contribution is 7.90. The van der Waals surface area contributed by atoms with Crippen LogP contribution in [0, 0.1) is 0 Å². The number of benzene rings is 2. The van der Waals surface area contributed by atoms with E-state index in [1.165, 1.54) is 23.8 Å². The Morgan fingerprint density at radius 2 is 1.73 bits per heavy atom. The van der Waals surface area contributed by atoms with Crippen molar-refractivity contribution < 1.29 is 13.2 Å². The standard InChI is InChI=1S/C21H25NO3S/c1-15(17-9-11-20(12-10-17)26(3,24)25)22(2)21(23)14-16-7-8-18-5-4-6-19(18)13-16/h7-13,15H,4-6,14H2,1-3H3. The largest absolute Gasteiger partial charge is 0.339 e. The summed E-state index contributed by atoms with van der Waals surface area (Å²) in [6, 6.07) is 13.0. The van der Waals surface area contributed by atoms with E-state index in [0.717, 1.165) is 24.0 Å². The summed E-state index contributed by atoms with van der Waals surface area (Å²) in [6.45, 7) is 1.95. The number of carbonyl (C=O) groups is 1. The van der Waals surface area contributed by atoms with Gasteiger partial charge in [-0.2, -0.15) is 0 Å². The predicted octanol–water partition coefficient (Wildman–Crippen LogP) is 3.34. The van der Waals surface area contributed by atoms with Gasteiger partial charge in [0.1, 0.15) is 0 Å². The molecular weight excluding hydrogens is 346 g/mol. The minimum atomic E-state index is -3.21. The van der Waals surface area contributed by atoms with Crippen LogP contribution in [0.25, 0.3) is 0 Å². The van der Waals surface area contributed by atoms with Crippen LogP contribution in [0.1, 0.15) is 41.6 Å². The molecule has 1 atom stereocenters. The number of rotatable bonds is 5. The fraction of sp³-hybridized carbons (Fsp3) is 0.381. The number of aryl methyl sites for hydroxylation is 2. The maximum atomic E-state index is 12.7. The summed E-state index contributed by atoms with van der Waals surface area (Å²) >= 11 is 0. The molecule has 2 aromatic rings. The first kappa shape index (κ1) is 18.6. The number of fused-ring (bicyclic) bond motifs is 1. The summed E-state index contributed by atoms with van der Waals surface area (Å²) in [5.41, 5.74) is 4.76. The minimum absolute atomic E-state index is 0.0580. The molecule has 1 amide bonds. The van der Waals surface area contributed by atoms with E-state index in [9.17, 15) is 13.2 Å². The third-order valence-electron chi connectivity index (χ3n) is 5.28. The second kappa shape index (κ2) is 7.23. The molecule has 0 fully saturated rings. The number of hydrogen-bond acceptors (Lipinski definition) is 3. The number of hydrogen-bond donors (Lipinski definition) is 0. The molecule has 5 heteroatoms. The molecule has 0 N–H and O–H groups in total. The molecule has 26 heavy (non-hydrogen) atoms. The molecule has 0 radical (unpaired) electrons. The Bertz CT molecular complexity index is 917. The molecule has 0 saturated carbocycles. The van der Waals surface area contributed by atoms with E-state index in [4.69, 9.17) is 0 Å². The second-order valence-corrected chi connectivity index (χ2v) is 9.17. The van der Waals surface area contributed by atoms with E-state index in [2.05, 4.69) is 18.2 Å². The first-order valence-electron chi connectivity index (χ1n) is 8.92. The van der Waals surface area contributed by atoms with Crippen molar-refractivity contribution in [3.63, 3.8) is 0 Å². The highest BCUT2D eigenvalue weighted by atomic mass is 32.2. The molecule has 1 aliphatic carbocycles. The Hall–Kier alpha value is -2.14. The summed E-state index contributed by atoms with van der Waals surface area (Å²) < 4.78 is 23.2. The van der Waals surface area contributed by atoms with Crippen LogP contribution in [0.2, 0.25) is 0 Å². The zero-order valence-corrected chi connectivity index (χ0v) is 16.3. The average Bonchev–Trinajstić information content (AvgIpc) is 3.07. The molecule has 0 aromatic heterocycles. The molecule has 1 aliphatic rings. The molecule has 0 spiro atoms. The Labute approximate surface area is 155 Å². The molecule has 4 nitrogen and oxygen atoms in total. The maximum Gasteiger partial charge on any atom is 0.227 e. The fourth-order valence-corrected chi connectivity index (χ4v) is 4.10. The minimum Gasteiger partial charge on any atom is -0.339 e. The fourth-order valence-electron chi connectivity index (χ4n) is 3.47. The van der Waals surface area contributed by atoms with Gasteiger partial charge >= 0.3 is 0 Å². The van der Waals surface area contributed by atoms with Crippen molar-refractivity contribution in [3.8, 4) is 0 Å². The van der Waals surface area contributed by atoms with Crippen LogP contribution in [0.3, 0.4) is 0 Å². The van der Waals surface area contributed by atoms with Gasteiger partial charge in [0.05, 0.1) is 17.4 Å². The van der Waals surface area contributed by atoms with Gasteiger partial charge in [-0.1, -0.05) is 30.3 Å². The van der Waals surface area contributed by atoms with E-state index < -0.39 is 9.84 Å². The first-order valence-corrected chi connectivity index (χ1v) is 10.8. The zero-order valence-electron chi connectivity index (χ0n) is 15.5. The number of likely N-dealkylation sites (N-methyl/N-ethyl adjacent to an activating group) is 1. The van der Waals surface area contributed by atoms with Gasteiger partial charge in [-0.3, -0.25) is 4.79 Å². The van der Waals surface area contributed by atoms with Gasteiger partial charge < -0.3 is 4.90 Å². The van der Waals surface area contributed by atoms with Gasteiger partial charge in [0.2, 0.25) is 5.91 Å². The maximum absolute atomic E-state index is 12.7. The van der Waals surface area contributed by atoms with Gasteiger partial charge in [-0.25, -0.2) is 8.42 Å². The van der Waals surface area contributed by atoms with E-state index in [1.54, 1.807) is 36.2 Å². The van der Waals surface area contributed by atoms with E-state index in [0.29, 0.717) is 11.3 Å². The lowest BCUT2D eigenvalue weighted by atomic mass is 10.0. The highest BCUT2D eigenvalue weighted by Crippen LogP contribution is 2.25. The molecule has 0 saturated heterocycles. The lowest BCUT2D eigenvalue weighted by Crippen LogP contribution is -2.31. The van der Waals surface area contributed by atoms with Crippen molar-refractivity contribution in [2.24, 2.45) is 0 Å². The lowest BCUT2D eigenvalue weighted by Gasteiger charge is -2.25. The molecule has 2 aromatic carbocycles.